The van der Waals surface area contributed by atoms with Crippen LogP contribution in [-0.4, -0.2) is 121 Å². The van der Waals surface area contributed by atoms with Gasteiger partial charge in [0.1, 0.15) is 6.10 Å². The fraction of sp³-hybridized carbons (Fsp3) is 1.00. The van der Waals surface area contributed by atoms with E-state index in [-0.39, 0.29) is 55.1 Å². The molecule has 3 aliphatic heterocycles. The molecule has 3 saturated heterocycles. The zero-order valence-electron chi connectivity index (χ0n) is 29.3. The second-order valence-corrected chi connectivity index (χ2v) is 15.9. The molecule has 0 amide bonds. The molecule has 0 spiro atoms. The molecule has 274 valence electrons. The second-order valence-electron chi connectivity index (χ2n) is 15.9. The van der Waals surface area contributed by atoms with Crippen LogP contribution in [0.3, 0.4) is 0 Å². The first-order valence-corrected chi connectivity index (χ1v) is 18.9. The van der Waals surface area contributed by atoms with Gasteiger partial charge in [-0.2, -0.15) is 0 Å². The van der Waals surface area contributed by atoms with Gasteiger partial charge in [-0.25, -0.2) is 0 Å². The lowest BCUT2D eigenvalue weighted by Crippen LogP contribution is -2.56. The lowest BCUT2D eigenvalue weighted by molar-refractivity contribution is -0.199. The number of nitrogens with two attached hydrogens (primary N) is 1. The number of aliphatic hydroxyl groups is 4. The summed E-state index contributed by atoms with van der Waals surface area (Å²) in [6, 6.07) is 0.648. The molecule has 11 heteroatoms. The van der Waals surface area contributed by atoms with E-state index in [1.807, 2.05) is 0 Å². The maximum absolute atomic E-state index is 11.4. The monoisotopic (exact) mass is 669 g/mol. The highest BCUT2D eigenvalue weighted by Gasteiger charge is 2.47. The fourth-order valence-corrected chi connectivity index (χ4v) is 9.83. The van der Waals surface area contributed by atoms with Crippen LogP contribution in [0.1, 0.15) is 96.8 Å². The third-order valence-electron chi connectivity index (χ3n) is 12.6. The summed E-state index contributed by atoms with van der Waals surface area (Å²) >= 11 is 0. The number of piperidine rings is 2. The van der Waals surface area contributed by atoms with E-state index in [0.29, 0.717) is 56.1 Å². The van der Waals surface area contributed by atoms with Gasteiger partial charge in [-0.1, -0.05) is 0 Å². The predicted octanol–water partition coefficient (Wildman–Crippen LogP) is 2.06. The van der Waals surface area contributed by atoms with Gasteiger partial charge >= 0.3 is 0 Å². The quantitative estimate of drug-likeness (QED) is 0.153. The van der Waals surface area contributed by atoms with Crippen LogP contribution < -0.4 is 16.4 Å². The van der Waals surface area contributed by atoms with Crippen LogP contribution in [0.15, 0.2) is 0 Å². The predicted molar refractivity (Wildman–Crippen MR) is 180 cm³/mol. The minimum absolute atomic E-state index is 0.00702. The Bertz CT molecular complexity index is 919. The number of nitrogens with one attached hydrogen (secondary N) is 2. The van der Waals surface area contributed by atoms with Crippen LogP contribution >= 0.6 is 0 Å². The average Bonchev–Trinajstić information content (AvgIpc) is 3.06. The fourth-order valence-electron chi connectivity index (χ4n) is 9.83. The second kappa shape index (κ2) is 18.2. The molecular formula is C36H67N3O8. The molecule has 0 radical (unpaired) electrons. The Morgan fingerprint density at radius 3 is 2.34 bits per heavy atom. The van der Waals surface area contributed by atoms with Crippen molar-refractivity contribution in [1.29, 1.82) is 0 Å². The van der Waals surface area contributed by atoms with Crippen LogP contribution in [0.25, 0.3) is 0 Å². The van der Waals surface area contributed by atoms with Gasteiger partial charge in [0.2, 0.25) is 0 Å². The summed E-state index contributed by atoms with van der Waals surface area (Å²) in [5.41, 5.74) is 6.23. The van der Waals surface area contributed by atoms with E-state index in [0.717, 1.165) is 64.3 Å². The van der Waals surface area contributed by atoms with Gasteiger partial charge in [0.05, 0.1) is 55.5 Å². The zero-order valence-corrected chi connectivity index (χ0v) is 29.3. The van der Waals surface area contributed by atoms with Gasteiger partial charge in [-0.15, -0.1) is 0 Å². The molecule has 0 bridgehead atoms. The van der Waals surface area contributed by atoms with E-state index in [4.69, 9.17) is 24.7 Å². The molecule has 8 N–H and O–H groups in total. The highest BCUT2D eigenvalue weighted by Crippen LogP contribution is 2.42. The summed E-state index contributed by atoms with van der Waals surface area (Å²) in [4.78, 5) is 0. The maximum Gasteiger partial charge on any atom is 0.106 e. The van der Waals surface area contributed by atoms with Gasteiger partial charge in [-0.05, 0) is 127 Å². The van der Waals surface area contributed by atoms with Gasteiger partial charge in [0.25, 0.3) is 0 Å². The Morgan fingerprint density at radius 2 is 1.60 bits per heavy atom. The van der Waals surface area contributed by atoms with Crippen molar-refractivity contribution in [2.45, 2.75) is 164 Å². The van der Waals surface area contributed by atoms with Crippen molar-refractivity contribution in [3.05, 3.63) is 0 Å². The number of hydrogen-bond acceptors (Lipinski definition) is 11. The Hall–Kier alpha value is -0.440. The molecule has 47 heavy (non-hydrogen) atoms. The first kappa shape index (κ1) is 37.8. The molecule has 0 aromatic heterocycles. The minimum atomic E-state index is -0.742. The van der Waals surface area contributed by atoms with Crippen LogP contribution in [0.5, 0.6) is 0 Å². The van der Waals surface area contributed by atoms with Crippen molar-refractivity contribution < 1.29 is 39.4 Å². The van der Waals surface area contributed by atoms with Gasteiger partial charge in [0, 0.05) is 38.8 Å². The van der Waals surface area contributed by atoms with Crippen molar-refractivity contribution >= 4 is 0 Å². The van der Waals surface area contributed by atoms with Crippen molar-refractivity contribution in [3.63, 3.8) is 0 Å². The Labute approximate surface area is 283 Å². The Morgan fingerprint density at radius 1 is 0.809 bits per heavy atom. The molecule has 16 unspecified atom stereocenters. The van der Waals surface area contributed by atoms with Gasteiger partial charge in [0.15, 0.2) is 0 Å². The largest absolute Gasteiger partial charge is 0.396 e. The molecule has 5 rings (SSSR count). The van der Waals surface area contributed by atoms with E-state index in [1.165, 1.54) is 6.42 Å². The Kier molecular flexibility index (Phi) is 14.6. The van der Waals surface area contributed by atoms with E-state index in [1.54, 1.807) is 14.2 Å². The number of rotatable bonds is 13. The minimum Gasteiger partial charge on any atom is -0.396 e. The van der Waals surface area contributed by atoms with Gasteiger partial charge < -0.3 is 55.7 Å². The van der Waals surface area contributed by atoms with Crippen LogP contribution in [-0.2, 0) is 18.9 Å². The first-order valence-electron chi connectivity index (χ1n) is 18.9. The highest BCUT2D eigenvalue weighted by molar-refractivity contribution is 4.97. The molecule has 2 aliphatic carbocycles. The van der Waals surface area contributed by atoms with E-state index < -0.39 is 24.4 Å². The SMILES string of the molecule is COC1CC(CCC2CC(O)C(CCO)C(C3CC(OC)C(O)C(OCC4NC(C)CCC4CC4CCNC(N)C4)C3)O2)CCC1O. The molecule has 11 nitrogen and oxygen atoms in total. The Balaban J connectivity index is 1.22. The van der Waals surface area contributed by atoms with Crippen LogP contribution in [0.4, 0.5) is 0 Å². The smallest absolute Gasteiger partial charge is 0.106 e. The molecule has 5 aliphatic rings. The molecule has 0 aromatic rings. The number of methoxy groups -OCH3 is 2. The third-order valence-corrected chi connectivity index (χ3v) is 12.6. The number of ether oxygens (including phenoxy) is 4. The number of hydrogen-bond donors (Lipinski definition) is 7. The topological polar surface area (TPSA) is 168 Å². The van der Waals surface area contributed by atoms with Crippen LogP contribution in [0, 0.1) is 29.6 Å². The molecular weight excluding hydrogens is 602 g/mol. The lowest BCUT2D eigenvalue weighted by atomic mass is 9.72. The summed E-state index contributed by atoms with van der Waals surface area (Å²) in [7, 11) is 3.32. The van der Waals surface area contributed by atoms with E-state index in [9.17, 15) is 20.4 Å². The van der Waals surface area contributed by atoms with E-state index in [2.05, 4.69) is 17.6 Å². The number of aliphatic hydroxyl groups excluding tert-OH is 4. The highest BCUT2D eigenvalue weighted by atomic mass is 16.5. The summed E-state index contributed by atoms with van der Waals surface area (Å²) < 4.78 is 24.9. The summed E-state index contributed by atoms with van der Waals surface area (Å²) in [6.45, 7) is 3.75. The molecule has 0 aromatic carbocycles. The molecule has 2 saturated carbocycles. The third kappa shape index (κ3) is 10.1. The van der Waals surface area contributed by atoms with E-state index >= 15 is 0 Å². The molecule has 3 heterocycles. The average molecular weight is 670 g/mol. The molecule has 5 fully saturated rings. The lowest BCUT2D eigenvalue weighted by Gasteiger charge is -2.48. The van der Waals surface area contributed by atoms with Crippen molar-refractivity contribution in [2.24, 2.45) is 35.3 Å². The summed E-state index contributed by atoms with van der Waals surface area (Å²) in [5.74, 6) is 1.43. The maximum atomic E-state index is 11.4. The first-order chi connectivity index (χ1) is 22.7. The van der Waals surface area contributed by atoms with Crippen molar-refractivity contribution in [1.82, 2.24) is 10.6 Å². The van der Waals surface area contributed by atoms with Crippen molar-refractivity contribution in [2.75, 3.05) is 34.0 Å². The molecule has 16 atom stereocenters. The standard InChI is InChI=1S/C36H67N3O8/c1-21-4-7-24(14-23-10-12-38-34(37)16-23)28(39-21)20-46-33-18-25(17-32(45-3)35(33)43)36-27(11-13-40)30(42)19-26(47-36)8-5-22-6-9-29(41)31(15-22)44-2/h21-36,38-43H,4-20,37H2,1-3H3. The van der Waals surface area contributed by atoms with Crippen LogP contribution in [0.2, 0.25) is 0 Å². The summed E-state index contributed by atoms with van der Waals surface area (Å²) in [5, 5.41) is 50.1. The zero-order chi connectivity index (χ0) is 33.5. The van der Waals surface area contributed by atoms with Gasteiger partial charge in [-0.3, -0.25) is 0 Å². The summed E-state index contributed by atoms with van der Waals surface area (Å²) in [6.07, 6.45) is 9.45. The normalized spacial score (nSPS) is 46.7. The van der Waals surface area contributed by atoms with Crippen molar-refractivity contribution in [3.8, 4) is 0 Å².